The van der Waals surface area contributed by atoms with Crippen LogP contribution in [0.1, 0.15) is 25.0 Å². The van der Waals surface area contributed by atoms with E-state index in [0.717, 1.165) is 0 Å². The zero-order valence-electron chi connectivity index (χ0n) is 36.4. The Morgan fingerprint density at radius 1 is 0.231 bits per heavy atom. The molecule has 0 atom stereocenters. The smallest absolute Gasteiger partial charge is 0.0159 e. The van der Waals surface area contributed by atoms with Crippen molar-refractivity contribution in [2.45, 2.75) is 19.3 Å². The molecule has 65 heavy (non-hydrogen) atoms. The van der Waals surface area contributed by atoms with Gasteiger partial charge in [-0.1, -0.05) is 232 Å². The van der Waals surface area contributed by atoms with Crippen molar-refractivity contribution in [1.29, 1.82) is 0 Å². The summed E-state index contributed by atoms with van der Waals surface area (Å²) in [6, 6.07) is 85.7. The Hall–Kier alpha value is -8.06. The van der Waals surface area contributed by atoms with Crippen LogP contribution in [0.4, 0.5) is 0 Å². The summed E-state index contributed by atoms with van der Waals surface area (Å²) in [5, 5.41) is 5.24. The SMILES string of the molecule is CC1(C)c2cc(-c3ccc(-c4ccc(-c5ccc(-c6cccc7ccccc67)cc5)cc4)cc3)ccc2-c2ccc(-c3ccc(-c4ccc5c6c(cccc46)-c4ccccc4-5)cc3)cc21. The molecule has 11 aromatic carbocycles. The van der Waals surface area contributed by atoms with E-state index >= 15 is 0 Å². The molecule has 0 nitrogen and oxygen atoms in total. The second-order valence-electron chi connectivity index (χ2n) is 18.4. The molecular weight excluding hydrogens is 781 g/mol. The monoisotopic (exact) mass is 824 g/mol. The zero-order chi connectivity index (χ0) is 43.2. The molecule has 0 saturated carbocycles. The van der Waals surface area contributed by atoms with Gasteiger partial charge in [0.25, 0.3) is 0 Å². The maximum atomic E-state index is 2.43. The third-order valence-corrected chi connectivity index (χ3v) is 14.5. The van der Waals surface area contributed by atoms with Gasteiger partial charge < -0.3 is 0 Å². The van der Waals surface area contributed by atoms with Gasteiger partial charge in [-0.15, -0.1) is 0 Å². The second-order valence-corrected chi connectivity index (χ2v) is 18.4. The summed E-state index contributed by atoms with van der Waals surface area (Å²) in [6.07, 6.45) is 0. The maximum Gasteiger partial charge on any atom is 0.0159 e. The first-order valence-electron chi connectivity index (χ1n) is 22.8. The molecule has 304 valence electrons. The molecule has 0 fully saturated rings. The standard InChI is InChI=1S/C65H44/c1-65(2)62-39-50(45-23-21-43(22-24-45)41-17-19-42(20-18-41)44-25-29-48(30-26-44)53-14-7-10-47-9-3-4-11-52(47)53)33-35-57(62)58-36-34-51(40-63(58)65)46-27-31-49(32-28-46)54-37-38-61-56-13-6-5-12-55(56)60-16-8-15-59(54)64(60)61/h3-40H,1-2H3. The highest BCUT2D eigenvalue weighted by Crippen LogP contribution is 2.52. The lowest BCUT2D eigenvalue weighted by Crippen LogP contribution is -2.15. The topological polar surface area (TPSA) is 0 Å². The Bertz CT molecular complexity index is 3640. The van der Waals surface area contributed by atoms with E-state index in [9.17, 15) is 0 Å². The van der Waals surface area contributed by atoms with Crippen molar-refractivity contribution in [1.82, 2.24) is 0 Å². The molecule has 0 heterocycles. The zero-order valence-corrected chi connectivity index (χ0v) is 36.4. The van der Waals surface area contributed by atoms with Gasteiger partial charge in [0, 0.05) is 5.41 Å². The molecule has 0 saturated heterocycles. The van der Waals surface area contributed by atoms with Gasteiger partial charge >= 0.3 is 0 Å². The molecule has 0 amide bonds. The van der Waals surface area contributed by atoms with Gasteiger partial charge in [-0.25, -0.2) is 0 Å². The largest absolute Gasteiger partial charge is 0.0616 e. The molecule has 0 aromatic heterocycles. The van der Waals surface area contributed by atoms with Crippen LogP contribution in [0.2, 0.25) is 0 Å². The highest BCUT2D eigenvalue weighted by molar-refractivity contribution is 6.18. The summed E-state index contributed by atoms with van der Waals surface area (Å²) < 4.78 is 0. The number of rotatable bonds is 6. The highest BCUT2D eigenvalue weighted by Gasteiger charge is 2.36. The Morgan fingerprint density at radius 2 is 0.554 bits per heavy atom. The Labute approximate surface area is 380 Å². The molecular formula is C65H44. The minimum absolute atomic E-state index is 0.128. The normalized spacial score (nSPS) is 12.9. The van der Waals surface area contributed by atoms with Crippen LogP contribution in [0.5, 0.6) is 0 Å². The fourth-order valence-corrected chi connectivity index (χ4v) is 11.0. The van der Waals surface area contributed by atoms with Crippen LogP contribution < -0.4 is 0 Å². The maximum absolute atomic E-state index is 2.43. The molecule has 0 spiro atoms. The second kappa shape index (κ2) is 14.5. The fraction of sp³-hybridized carbons (Fsp3) is 0.0462. The first-order chi connectivity index (χ1) is 32.0. The van der Waals surface area contributed by atoms with E-state index < -0.39 is 0 Å². The quantitative estimate of drug-likeness (QED) is 0.157. The van der Waals surface area contributed by atoms with E-state index in [1.165, 1.54) is 133 Å². The summed E-state index contributed by atoms with van der Waals surface area (Å²) in [4.78, 5) is 0. The lowest BCUT2D eigenvalue weighted by Gasteiger charge is -2.22. The molecule has 2 aliphatic rings. The van der Waals surface area contributed by atoms with Gasteiger partial charge in [-0.05, 0) is 145 Å². The first-order valence-corrected chi connectivity index (χ1v) is 22.8. The molecule has 11 aromatic rings. The third-order valence-electron chi connectivity index (χ3n) is 14.5. The van der Waals surface area contributed by atoms with E-state index in [0.29, 0.717) is 0 Å². The van der Waals surface area contributed by atoms with Crippen molar-refractivity contribution in [3.8, 4) is 100 Å². The number of hydrogen-bond acceptors (Lipinski definition) is 0. The molecule has 0 heteroatoms. The van der Waals surface area contributed by atoms with Crippen LogP contribution >= 0.6 is 0 Å². The van der Waals surface area contributed by atoms with E-state index in [4.69, 9.17) is 0 Å². The molecule has 0 bridgehead atoms. The molecule has 0 aliphatic heterocycles. The van der Waals surface area contributed by atoms with Gasteiger partial charge in [-0.3, -0.25) is 0 Å². The molecule has 0 N–H and O–H groups in total. The van der Waals surface area contributed by atoms with E-state index in [1.807, 2.05) is 0 Å². The minimum atomic E-state index is -0.128. The average Bonchev–Trinajstić information content (AvgIpc) is 3.82. The summed E-state index contributed by atoms with van der Waals surface area (Å²) in [6.45, 7) is 4.77. The summed E-state index contributed by atoms with van der Waals surface area (Å²) >= 11 is 0. The molecule has 0 unspecified atom stereocenters. The summed E-state index contributed by atoms with van der Waals surface area (Å²) in [5.74, 6) is 0. The lowest BCUT2D eigenvalue weighted by atomic mass is 9.80. The van der Waals surface area contributed by atoms with Crippen molar-refractivity contribution < 1.29 is 0 Å². The third kappa shape index (κ3) is 5.98. The molecule has 0 radical (unpaired) electrons. The average molecular weight is 825 g/mol. The van der Waals surface area contributed by atoms with Crippen LogP contribution in [0.3, 0.4) is 0 Å². The Morgan fingerprint density at radius 3 is 1.09 bits per heavy atom. The predicted molar refractivity (Wildman–Crippen MR) is 276 cm³/mol. The van der Waals surface area contributed by atoms with Crippen molar-refractivity contribution in [2.75, 3.05) is 0 Å². The van der Waals surface area contributed by atoms with Crippen molar-refractivity contribution >= 4 is 21.5 Å². The Kier molecular flexibility index (Phi) is 8.36. The Balaban J connectivity index is 0.729. The van der Waals surface area contributed by atoms with Crippen molar-refractivity contribution in [3.05, 3.63) is 242 Å². The summed E-state index contributed by atoms with van der Waals surface area (Å²) in [7, 11) is 0. The minimum Gasteiger partial charge on any atom is -0.0616 e. The van der Waals surface area contributed by atoms with Gasteiger partial charge in [0.05, 0.1) is 0 Å². The van der Waals surface area contributed by atoms with Crippen LogP contribution in [0.25, 0.3) is 122 Å². The van der Waals surface area contributed by atoms with E-state index in [2.05, 4.69) is 244 Å². The fourth-order valence-electron chi connectivity index (χ4n) is 11.0. The first kappa shape index (κ1) is 37.5. The molecule has 2 aliphatic carbocycles. The van der Waals surface area contributed by atoms with Crippen LogP contribution in [-0.4, -0.2) is 0 Å². The number of benzene rings is 11. The lowest BCUT2D eigenvalue weighted by molar-refractivity contribution is 0.661. The van der Waals surface area contributed by atoms with Crippen molar-refractivity contribution in [2.24, 2.45) is 0 Å². The highest BCUT2D eigenvalue weighted by atomic mass is 14.4. The molecule has 13 rings (SSSR count). The van der Waals surface area contributed by atoms with Crippen molar-refractivity contribution in [3.63, 3.8) is 0 Å². The van der Waals surface area contributed by atoms with E-state index in [1.54, 1.807) is 0 Å². The van der Waals surface area contributed by atoms with Gasteiger partial charge in [0.15, 0.2) is 0 Å². The van der Waals surface area contributed by atoms with Crippen LogP contribution in [-0.2, 0) is 5.41 Å². The van der Waals surface area contributed by atoms with Gasteiger partial charge in [0.1, 0.15) is 0 Å². The number of hydrogen-bond donors (Lipinski definition) is 0. The van der Waals surface area contributed by atoms with Gasteiger partial charge in [0.2, 0.25) is 0 Å². The van der Waals surface area contributed by atoms with Crippen LogP contribution in [0, 0.1) is 0 Å². The van der Waals surface area contributed by atoms with E-state index in [-0.39, 0.29) is 5.41 Å². The van der Waals surface area contributed by atoms with Crippen LogP contribution in [0.15, 0.2) is 231 Å². The number of fused-ring (bicyclic) bond motifs is 7. The summed E-state index contributed by atoms with van der Waals surface area (Å²) in [5.41, 5.74) is 25.6. The van der Waals surface area contributed by atoms with Gasteiger partial charge in [-0.2, -0.15) is 0 Å². The predicted octanol–water partition coefficient (Wildman–Crippen LogP) is 17.9.